The van der Waals surface area contributed by atoms with Crippen molar-refractivity contribution in [3.63, 3.8) is 0 Å². The molecule has 2 rings (SSSR count). The van der Waals surface area contributed by atoms with Gasteiger partial charge in [0.2, 0.25) is 0 Å². The molecule has 1 unspecified atom stereocenters. The van der Waals surface area contributed by atoms with E-state index in [9.17, 15) is 14.9 Å². The second kappa shape index (κ2) is 6.53. The monoisotopic (exact) mass is 292 g/mol. The van der Waals surface area contributed by atoms with E-state index >= 15 is 0 Å². The molecule has 114 valence electrons. The van der Waals surface area contributed by atoms with Crippen molar-refractivity contribution in [2.45, 2.75) is 38.6 Å². The van der Waals surface area contributed by atoms with E-state index in [0.717, 1.165) is 12.8 Å². The molecule has 1 aromatic carbocycles. The van der Waals surface area contributed by atoms with E-state index in [1.807, 2.05) is 6.92 Å². The number of nitrogens with two attached hydrogens (primary N) is 1. The van der Waals surface area contributed by atoms with E-state index in [4.69, 9.17) is 5.84 Å². The maximum absolute atomic E-state index is 12.3. The number of nitro groups is 1. The van der Waals surface area contributed by atoms with Crippen LogP contribution in [0, 0.1) is 16.0 Å². The number of rotatable bonds is 7. The average Bonchev–Trinajstić information content (AvgIpc) is 3.29. The summed E-state index contributed by atoms with van der Waals surface area (Å²) in [6, 6.07) is 4.21. The van der Waals surface area contributed by atoms with Gasteiger partial charge in [-0.2, -0.15) is 0 Å². The third kappa shape index (κ3) is 3.91. The highest BCUT2D eigenvalue weighted by molar-refractivity contribution is 5.99. The van der Waals surface area contributed by atoms with E-state index in [1.54, 1.807) is 0 Å². The summed E-state index contributed by atoms with van der Waals surface area (Å²) in [7, 11) is 0. The molecule has 0 spiro atoms. The lowest BCUT2D eigenvalue weighted by Gasteiger charge is -2.17. The van der Waals surface area contributed by atoms with E-state index in [2.05, 4.69) is 10.7 Å². The Bertz CT molecular complexity index is 543. The molecule has 0 saturated heterocycles. The van der Waals surface area contributed by atoms with Crippen molar-refractivity contribution in [1.29, 1.82) is 0 Å². The van der Waals surface area contributed by atoms with Crippen LogP contribution in [0.4, 0.5) is 11.4 Å². The van der Waals surface area contributed by atoms with Crippen molar-refractivity contribution in [2.24, 2.45) is 11.8 Å². The van der Waals surface area contributed by atoms with Gasteiger partial charge in [-0.1, -0.05) is 19.8 Å². The van der Waals surface area contributed by atoms with Crippen LogP contribution in [0.5, 0.6) is 0 Å². The Morgan fingerprint density at radius 3 is 2.76 bits per heavy atom. The number of nitrogens with one attached hydrogen (secondary N) is 2. The van der Waals surface area contributed by atoms with E-state index in [-0.39, 0.29) is 17.3 Å². The fourth-order valence-corrected chi connectivity index (χ4v) is 2.31. The molecular weight excluding hydrogens is 272 g/mol. The number of nitrogen functional groups attached to an aromatic ring is 1. The maximum atomic E-state index is 12.3. The molecule has 1 amide bonds. The predicted molar refractivity (Wildman–Crippen MR) is 79.8 cm³/mol. The lowest BCUT2D eigenvalue weighted by Crippen LogP contribution is -2.35. The molecule has 0 aliphatic heterocycles. The van der Waals surface area contributed by atoms with E-state index < -0.39 is 10.8 Å². The van der Waals surface area contributed by atoms with Gasteiger partial charge in [0.15, 0.2) is 0 Å². The summed E-state index contributed by atoms with van der Waals surface area (Å²) in [6.07, 6.45) is 4.16. The van der Waals surface area contributed by atoms with Gasteiger partial charge in [0.1, 0.15) is 5.56 Å². The van der Waals surface area contributed by atoms with Crippen molar-refractivity contribution < 1.29 is 9.72 Å². The first-order valence-electron chi connectivity index (χ1n) is 7.11. The summed E-state index contributed by atoms with van der Waals surface area (Å²) in [5.41, 5.74) is 2.67. The SMILES string of the molecule is CCC(CC1CC1)NC(=O)c1cc(NN)ccc1[N+](=O)[O-]. The van der Waals surface area contributed by atoms with Crippen LogP contribution in [0.2, 0.25) is 0 Å². The fraction of sp³-hybridized carbons (Fsp3) is 0.500. The van der Waals surface area contributed by atoms with Crippen LogP contribution >= 0.6 is 0 Å². The lowest BCUT2D eigenvalue weighted by molar-refractivity contribution is -0.385. The zero-order chi connectivity index (χ0) is 15.4. The van der Waals surface area contributed by atoms with Crippen LogP contribution in [0.15, 0.2) is 18.2 Å². The maximum Gasteiger partial charge on any atom is 0.282 e. The standard InChI is InChI=1S/C14H20N4O3/c1-2-10(7-9-3-4-9)16-14(19)12-8-11(17-15)5-6-13(12)18(20)21/h5-6,8-10,17H,2-4,7,15H2,1H3,(H,16,19). The molecule has 21 heavy (non-hydrogen) atoms. The highest BCUT2D eigenvalue weighted by Crippen LogP contribution is 2.34. The van der Waals surface area contributed by atoms with Gasteiger partial charge in [0, 0.05) is 17.8 Å². The molecule has 7 nitrogen and oxygen atoms in total. The van der Waals surface area contributed by atoms with Gasteiger partial charge < -0.3 is 10.7 Å². The van der Waals surface area contributed by atoms with Crippen molar-refractivity contribution in [1.82, 2.24) is 5.32 Å². The number of anilines is 1. The van der Waals surface area contributed by atoms with Gasteiger partial charge in [-0.15, -0.1) is 0 Å². The van der Waals surface area contributed by atoms with Crippen LogP contribution in [-0.2, 0) is 0 Å². The largest absolute Gasteiger partial charge is 0.349 e. The molecule has 7 heteroatoms. The smallest absolute Gasteiger partial charge is 0.282 e. The number of amides is 1. The normalized spacial score (nSPS) is 15.3. The van der Waals surface area contributed by atoms with Crippen LogP contribution in [0.1, 0.15) is 43.0 Å². The van der Waals surface area contributed by atoms with Crippen molar-refractivity contribution >= 4 is 17.3 Å². The van der Waals surface area contributed by atoms with Gasteiger partial charge in [-0.25, -0.2) is 0 Å². The Balaban J connectivity index is 2.17. The predicted octanol–water partition coefficient (Wildman–Crippen LogP) is 2.19. The van der Waals surface area contributed by atoms with Gasteiger partial charge in [0.05, 0.1) is 4.92 Å². The Morgan fingerprint density at radius 2 is 2.24 bits per heavy atom. The number of benzene rings is 1. The van der Waals surface area contributed by atoms with Gasteiger partial charge in [-0.05, 0) is 30.9 Å². The summed E-state index contributed by atoms with van der Waals surface area (Å²) in [5.74, 6) is 5.55. The number of hydrogen-bond acceptors (Lipinski definition) is 5. The topological polar surface area (TPSA) is 110 Å². The Kier molecular flexibility index (Phi) is 4.74. The molecule has 0 bridgehead atoms. The van der Waals surface area contributed by atoms with E-state index in [0.29, 0.717) is 11.6 Å². The average molecular weight is 292 g/mol. The second-order valence-electron chi connectivity index (χ2n) is 5.39. The third-order valence-corrected chi connectivity index (χ3v) is 3.75. The lowest BCUT2D eigenvalue weighted by atomic mass is 10.1. The number of carbonyl (C=O) groups excluding carboxylic acids is 1. The molecule has 4 N–H and O–H groups in total. The molecule has 1 atom stereocenters. The molecule has 1 aromatic rings. The van der Waals surface area contributed by atoms with Crippen molar-refractivity contribution in [2.75, 3.05) is 5.43 Å². The van der Waals surface area contributed by atoms with Gasteiger partial charge >= 0.3 is 0 Å². The summed E-state index contributed by atoms with van der Waals surface area (Å²) in [5, 5.41) is 13.9. The van der Waals surface area contributed by atoms with Crippen LogP contribution in [0.3, 0.4) is 0 Å². The molecular formula is C14H20N4O3. The van der Waals surface area contributed by atoms with E-state index in [1.165, 1.54) is 31.0 Å². The zero-order valence-corrected chi connectivity index (χ0v) is 12.0. The number of nitrogens with zero attached hydrogens (tertiary/aromatic N) is 1. The highest BCUT2D eigenvalue weighted by Gasteiger charge is 2.27. The molecule has 1 saturated carbocycles. The molecule has 1 aliphatic carbocycles. The quantitative estimate of drug-likeness (QED) is 0.405. The first kappa shape index (κ1) is 15.2. The number of carbonyl (C=O) groups is 1. The highest BCUT2D eigenvalue weighted by atomic mass is 16.6. The zero-order valence-electron chi connectivity index (χ0n) is 12.0. The number of hydrogen-bond donors (Lipinski definition) is 3. The Labute approximate surface area is 123 Å². The summed E-state index contributed by atoms with van der Waals surface area (Å²) in [6.45, 7) is 2.00. The first-order chi connectivity index (χ1) is 10.0. The second-order valence-corrected chi connectivity index (χ2v) is 5.39. The van der Waals surface area contributed by atoms with Crippen LogP contribution < -0.4 is 16.6 Å². The minimum Gasteiger partial charge on any atom is -0.349 e. The Hall–Kier alpha value is -2.15. The Morgan fingerprint density at radius 1 is 1.52 bits per heavy atom. The molecule has 0 radical (unpaired) electrons. The van der Waals surface area contributed by atoms with Crippen molar-refractivity contribution in [3.05, 3.63) is 33.9 Å². The molecule has 1 aliphatic rings. The minimum atomic E-state index is -0.558. The molecule has 0 aromatic heterocycles. The number of nitro benzene ring substituents is 1. The number of hydrazine groups is 1. The minimum absolute atomic E-state index is 0.0321. The van der Waals surface area contributed by atoms with Crippen molar-refractivity contribution in [3.8, 4) is 0 Å². The van der Waals surface area contributed by atoms with Gasteiger partial charge in [-0.3, -0.25) is 20.8 Å². The molecule has 1 fully saturated rings. The third-order valence-electron chi connectivity index (χ3n) is 3.75. The molecule has 0 heterocycles. The first-order valence-corrected chi connectivity index (χ1v) is 7.11. The summed E-state index contributed by atoms with van der Waals surface area (Å²) >= 11 is 0. The summed E-state index contributed by atoms with van der Waals surface area (Å²) in [4.78, 5) is 22.8. The van der Waals surface area contributed by atoms with Gasteiger partial charge in [0.25, 0.3) is 11.6 Å². The van der Waals surface area contributed by atoms with Crippen LogP contribution in [0.25, 0.3) is 0 Å². The van der Waals surface area contributed by atoms with Crippen LogP contribution in [-0.4, -0.2) is 16.9 Å². The summed E-state index contributed by atoms with van der Waals surface area (Å²) < 4.78 is 0. The fourth-order valence-electron chi connectivity index (χ4n) is 2.31.